The van der Waals surface area contributed by atoms with Crippen LogP contribution < -0.4 is 0 Å². The molecular weight excluding hydrogens is 250 g/mol. The molecule has 1 unspecified atom stereocenters. The van der Waals surface area contributed by atoms with Crippen molar-refractivity contribution in [2.75, 3.05) is 19.8 Å². The molecule has 110 valence electrons. The Morgan fingerprint density at radius 3 is 2.47 bits per heavy atom. The second-order valence-corrected chi connectivity index (χ2v) is 5.71. The van der Waals surface area contributed by atoms with Crippen molar-refractivity contribution in [3.63, 3.8) is 0 Å². The van der Waals surface area contributed by atoms with Gasteiger partial charge in [-0.3, -0.25) is 4.90 Å². The standard InChI is InChI=1S/C13H23NO5/c1-5-18-9-13(10(15)19-12(2,3)4)7-6-8-14(13)11(16)17/h5-9H2,1-4H3,(H,16,17). The minimum absolute atomic E-state index is 0.0463. The highest BCUT2D eigenvalue weighted by Crippen LogP contribution is 2.32. The Morgan fingerprint density at radius 1 is 1.37 bits per heavy atom. The fourth-order valence-corrected chi connectivity index (χ4v) is 2.22. The number of carboxylic acid groups (broad SMARTS) is 1. The maximum absolute atomic E-state index is 12.4. The second-order valence-electron chi connectivity index (χ2n) is 5.71. The smallest absolute Gasteiger partial charge is 0.408 e. The third kappa shape index (κ3) is 3.59. The van der Waals surface area contributed by atoms with Crippen LogP contribution in [0.1, 0.15) is 40.5 Å². The molecule has 0 saturated carbocycles. The average Bonchev–Trinajstić information content (AvgIpc) is 2.69. The van der Waals surface area contributed by atoms with Gasteiger partial charge in [-0.1, -0.05) is 0 Å². The van der Waals surface area contributed by atoms with Gasteiger partial charge in [-0.2, -0.15) is 0 Å². The van der Waals surface area contributed by atoms with Crippen LogP contribution in [0.4, 0.5) is 4.79 Å². The number of nitrogens with zero attached hydrogens (tertiary/aromatic N) is 1. The number of esters is 1. The molecule has 0 aromatic carbocycles. The van der Waals surface area contributed by atoms with E-state index in [0.29, 0.717) is 26.0 Å². The van der Waals surface area contributed by atoms with Crippen LogP contribution in [0.25, 0.3) is 0 Å². The summed E-state index contributed by atoms with van der Waals surface area (Å²) in [5, 5.41) is 9.26. The van der Waals surface area contributed by atoms with Crippen LogP contribution in [-0.4, -0.2) is 53.0 Å². The zero-order valence-corrected chi connectivity index (χ0v) is 12.1. The molecule has 1 aliphatic heterocycles. The molecule has 0 aromatic heterocycles. The first-order valence-corrected chi connectivity index (χ1v) is 6.55. The Kier molecular flexibility index (Phi) is 4.79. The van der Waals surface area contributed by atoms with Crippen molar-refractivity contribution in [3.8, 4) is 0 Å². The molecule has 1 N–H and O–H groups in total. The first-order valence-electron chi connectivity index (χ1n) is 6.55. The molecule has 1 aliphatic rings. The highest BCUT2D eigenvalue weighted by Gasteiger charge is 2.52. The molecule has 1 heterocycles. The highest BCUT2D eigenvalue weighted by molar-refractivity contribution is 5.86. The number of carbonyl (C=O) groups is 2. The molecule has 0 spiro atoms. The molecule has 1 amide bonds. The number of ether oxygens (including phenoxy) is 2. The summed E-state index contributed by atoms with van der Waals surface area (Å²) in [6, 6.07) is 0. The Bertz CT molecular complexity index is 349. The van der Waals surface area contributed by atoms with Crippen molar-refractivity contribution >= 4 is 12.1 Å². The Morgan fingerprint density at radius 2 is 2.00 bits per heavy atom. The van der Waals surface area contributed by atoms with Crippen LogP contribution in [0.3, 0.4) is 0 Å². The lowest BCUT2D eigenvalue weighted by molar-refractivity contribution is -0.170. The number of carbonyl (C=O) groups excluding carboxylic acids is 1. The van der Waals surface area contributed by atoms with Crippen molar-refractivity contribution in [2.45, 2.75) is 51.7 Å². The maximum atomic E-state index is 12.4. The predicted molar refractivity (Wildman–Crippen MR) is 69.0 cm³/mol. The highest BCUT2D eigenvalue weighted by atomic mass is 16.6. The normalized spacial score (nSPS) is 23.5. The summed E-state index contributed by atoms with van der Waals surface area (Å²) in [7, 11) is 0. The molecule has 6 heteroatoms. The number of rotatable bonds is 4. The molecule has 6 nitrogen and oxygen atoms in total. The molecule has 0 bridgehead atoms. The summed E-state index contributed by atoms with van der Waals surface area (Å²) in [4.78, 5) is 24.9. The van der Waals surface area contributed by atoms with Crippen LogP contribution >= 0.6 is 0 Å². The van der Waals surface area contributed by atoms with E-state index >= 15 is 0 Å². The Hall–Kier alpha value is -1.30. The van der Waals surface area contributed by atoms with Crippen LogP contribution in [0.5, 0.6) is 0 Å². The minimum atomic E-state index is -1.20. The maximum Gasteiger partial charge on any atom is 0.408 e. The van der Waals surface area contributed by atoms with Crippen molar-refractivity contribution in [3.05, 3.63) is 0 Å². The van der Waals surface area contributed by atoms with Gasteiger partial charge in [0.2, 0.25) is 0 Å². The molecule has 0 aliphatic carbocycles. The number of hydrogen-bond donors (Lipinski definition) is 1. The van der Waals surface area contributed by atoms with Crippen LogP contribution in [0, 0.1) is 0 Å². The monoisotopic (exact) mass is 273 g/mol. The van der Waals surface area contributed by atoms with Crippen LogP contribution in [0.2, 0.25) is 0 Å². The van der Waals surface area contributed by atoms with E-state index in [1.807, 2.05) is 6.92 Å². The lowest BCUT2D eigenvalue weighted by Crippen LogP contribution is -2.57. The minimum Gasteiger partial charge on any atom is -0.465 e. The fraction of sp³-hybridized carbons (Fsp3) is 0.846. The second kappa shape index (κ2) is 5.77. The van der Waals surface area contributed by atoms with Gasteiger partial charge in [-0.05, 0) is 40.5 Å². The van der Waals surface area contributed by atoms with E-state index in [1.54, 1.807) is 20.8 Å². The molecule has 1 saturated heterocycles. The lowest BCUT2D eigenvalue weighted by Gasteiger charge is -2.36. The van der Waals surface area contributed by atoms with Gasteiger partial charge in [-0.15, -0.1) is 0 Å². The van der Waals surface area contributed by atoms with Crippen molar-refractivity contribution in [1.82, 2.24) is 4.90 Å². The van der Waals surface area contributed by atoms with Gasteiger partial charge in [-0.25, -0.2) is 9.59 Å². The van der Waals surface area contributed by atoms with E-state index in [0.717, 1.165) is 4.90 Å². The first kappa shape index (κ1) is 15.8. The van der Waals surface area contributed by atoms with E-state index in [2.05, 4.69) is 0 Å². The van der Waals surface area contributed by atoms with Crippen molar-refractivity contribution in [2.24, 2.45) is 0 Å². The van der Waals surface area contributed by atoms with E-state index in [-0.39, 0.29) is 6.61 Å². The summed E-state index contributed by atoms with van der Waals surface area (Å²) in [5.41, 5.74) is -1.85. The molecule has 1 fully saturated rings. The van der Waals surface area contributed by atoms with E-state index in [1.165, 1.54) is 0 Å². The Balaban J connectivity index is 2.98. The van der Waals surface area contributed by atoms with Gasteiger partial charge in [0.15, 0.2) is 5.54 Å². The average molecular weight is 273 g/mol. The molecule has 1 rings (SSSR count). The van der Waals surface area contributed by atoms with Crippen LogP contribution in [-0.2, 0) is 14.3 Å². The predicted octanol–water partition coefficient (Wildman–Crippen LogP) is 1.88. The zero-order chi connectivity index (χ0) is 14.7. The summed E-state index contributed by atoms with van der Waals surface area (Å²) >= 11 is 0. The summed E-state index contributed by atoms with van der Waals surface area (Å²) in [6.45, 7) is 7.91. The van der Waals surface area contributed by atoms with Gasteiger partial charge >= 0.3 is 12.1 Å². The van der Waals surface area contributed by atoms with Gasteiger partial charge in [0.1, 0.15) is 5.60 Å². The lowest BCUT2D eigenvalue weighted by atomic mass is 9.97. The topological polar surface area (TPSA) is 76.1 Å². The largest absolute Gasteiger partial charge is 0.465 e. The van der Waals surface area contributed by atoms with Crippen molar-refractivity contribution < 1.29 is 24.2 Å². The third-order valence-corrected chi connectivity index (χ3v) is 3.04. The molecular formula is C13H23NO5. The van der Waals surface area contributed by atoms with E-state index in [9.17, 15) is 14.7 Å². The molecule has 0 aromatic rings. The van der Waals surface area contributed by atoms with Gasteiger partial charge in [0, 0.05) is 13.2 Å². The molecule has 0 radical (unpaired) electrons. The van der Waals surface area contributed by atoms with Gasteiger partial charge < -0.3 is 14.6 Å². The quantitative estimate of drug-likeness (QED) is 0.791. The fourth-order valence-electron chi connectivity index (χ4n) is 2.22. The summed E-state index contributed by atoms with van der Waals surface area (Å²) in [5.74, 6) is -0.520. The first-order chi connectivity index (χ1) is 8.73. The van der Waals surface area contributed by atoms with Gasteiger partial charge in [0.05, 0.1) is 6.61 Å². The van der Waals surface area contributed by atoms with Crippen molar-refractivity contribution in [1.29, 1.82) is 0 Å². The van der Waals surface area contributed by atoms with E-state index in [4.69, 9.17) is 9.47 Å². The SMILES string of the molecule is CCOCC1(C(=O)OC(C)(C)C)CCCN1C(=O)O. The van der Waals surface area contributed by atoms with Crippen LogP contribution in [0.15, 0.2) is 0 Å². The number of amides is 1. The summed E-state index contributed by atoms with van der Waals surface area (Å²) < 4.78 is 10.7. The van der Waals surface area contributed by atoms with Gasteiger partial charge in [0.25, 0.3) is 0 Å². The number of hydrogen-bond acceptors (Lipinski definition) is 4. The number of likely N-dealkylation sites (tertiary alicyclic amines) is 1. The van der Waals surface area contributed by atoms with E-state index < -0.39 is 23.2 Å². The summed E-state index contributed by atoms with van der Waals surface area (Å²) in [6.07, 6.45) is -0.0321. The molecule has 1 atom stereocenters. The third-order valence-electron chi connectivity index (χ3n) is 3.04. The Labute approximate surface area is 113 Å². The molecule has 19 heavy (non-hydrogen) atoms. The zero-order valence-electron chi connectivity index (χ0n) is 12.1.